The van der Waals surface area contributed by atoms with Crippen molar-refractivity contribution < 1.29 is 17.9 Å². The van der Waals surface area contributed by atoms with Crippen molar-refractivity contribution in [2.45, 2.75) is 26.1 Å². The van der Waals surface area contributed by atoms with Gasteiger partial charge in [-0.15, -0.1) is 0 Å². The SMILES string of the molecule is C[C@@H]1CN(S(=O)(=O)N2CCN(C(=O)c3ccncc3)CC2)C[C@@H](C)O1. The third-order valence-electron chi connectivity index (χ3n) is 4.49. The summed E-state index contributed by atoms with van der Waals surface area (Å²) >= 11 is 0. The molecule has 25 heavy (non-hydrogen) atoms. The topological polar surface area (TPSA) is 83.1 Å². The van der Waals surface area contributed by atoms with E-state index in [0.717, 1.165) is 0 Å². The van der Waals surface area contributed by atoms with E-state index in [9.17, 15) is 13.2 Å². The van der Waals surface area contributed by atoms with Gasteiger partial charge < -0.3 is 9.64 Å². The molecule has 0 radical (unpaired) electrons. The number of carbonyl (C=O) groups excluding carboxylic acids is 1. The Morgan fingerprint density at radius 3 is 2.16 bits per heavy atom. The van der Waals surface area contributed by atoms with Crippen LogP contribution in [0.5, 0.6) is 0 Å². The fourth-order valence-corrected chi connectivity index (χ4v) is 5.03. The third-order valence-corrected chi connectivity index (χ3v) is 6.46. The highest BCUT2D eigenvalue weighted by molar-refractivity contribution is 7.86. The number of morpholine rings is 1. The van der Waals surface area contributed by atoms with Gasteiger partial charge in [-0.3, -0.25) is 9.78 Å². The van der Waals surface area contributed by atoms with Crippen LogP contribution in [0.3, 0.4) is 0 Å². The lowest BCUT2D eigenvalue weighted by Crippen LogP contribution is -2.57. The van der Waals surface area contributed by atoms with Crippen molar-refractivity contribution in [3.63, 3.8) is 0 Å². The Bertz CT molecular complexity index is 694. The molecule has 0 saturated carbocycles. The molecule has 1 aromatic heterocycles. The molecule has 2 fully saturated rings. The summed E-state index contributed by atoms with van der Waals surface area (Å²) in [4.78, 5) is 18.0. The van der Waals surface area contributed by atoms with Crippen molar-refractivity contribution in [2.75, 3.05) is 39.3 Å². The second-order valence-corrected chi connectivity index (χ2v) is 8.44. The first kappa shape index (κ1) is 18.2. The Balaban J connectivity index is 1.62. The molecule has 2 aliphatic heterocycles. The zero-order valence-electron chi connectivity index (χ0n) is 14.5. The molecule has 0 spiro atoms. The van der Waals surface area contributed by atoms with Gasteiger partial charge in [-0.05, 0) is 26.0 Å². The van der Waals surface area contributed by atoms with Gasteiger partial charge in [-0.1, -0.05) is 0 Å². The molecule has 9 heteroatoms. The lowest BCUT2D eigenvalue weighted by molar-refractivity contribution is -0.0457. The molecule has 0 aliphatic carbocycles. The number of ether oxygens (including phenoxy) is 1. The maximum Gasteiger partial charge on any atom is 0.282 e. The molecule has 0 bridgehead atoms. The Labute approximate surface area is 148 Å². The molecule has 0 N–H and O–H groups in total. The van der Waals surface area contributed by atoms with E-state index in [1.807, 2.05) is 13.8 Å². The number of pyridine rings is 1. The minimum atomic E-state index is -3.53. The van der Waals surface area contributed by atoms with Crippen molar-refractivity contribution >= 4 is 16.1 Å². The van der Waals surface area contributed by atoms with Crippen LogP contribution in [0.25, 0.3) is 0 Å². The van der Waals surface area contributed by atoms with Crippen molar-refractivity contribution in [1.82, 2.24) is 18.5 Å². The molecule has 3 heterocycles. The summed E-state index contributed by atoms with van der Waals surface area (Å²) in [6.07, 6.45) is 2.92. The van der Waals surface area contributed by atoms with E-state index in [1.165, 1.54) is 8.61 Å². The van der Waals surface area contributed by atoms with Gasteiger partial charge in [0.25, 0.3) is 16.1 Å². The highest BCUT2D eigenvalue weighted by atomic mass is 32.2. The average Bonchev–Trinajstić information content (AvgIpc) is 2.61. The molecule has 2 saturated heterocycles. The molecule has 8 nitrogen and oxygen atoms in total. The Morgan fingerprint density at radius 1 is 1.04 bits per heavy atom. The van der Waals surface area contributed by atoms with E-state index in [0.29, 0.717) is 44.8 Å². The third kappa shape index (κ3) is 4.00. The highest BCUT2D eigenvalue weighted by Crippen LogP contribution is 2.19. The summed E-state index contributed by atoms with van der Waals surface area (Å²) in [5, 5.41) is 0. The van der Waals surface area contributed by atoms with Gasteiger partial charge in [-0.2, -0.15) is 17.0 Å². The van der Waals surface area contributed by atoms with Crippen LogP contribution in [0.1, 0.15) is 24.2 Å². The minimum absolute atomic E-state index is 0.0898. The van der Waals surface area contributed by atoms with Gasteiger partial charge in [0.05, 0.1) is 12.2 Å². The molecule has 0 aromatic carbocycles. The number of rotatable bonds is 3. The van der Waals surface area contributed by atoms with Crippen LogP contribution >= 0.6 is 0 Å². The molecule has 2 aliphatic rings. The average molecular weight is 368 g/mol. The van der Waals surface area contributed by atoms with Gasteiger partial charge in [0.15, 0.2) is 0 Å². The summed E-state index contributed by atoms with van der Waals surface area (Å²) < 4.78 is 34.3. The number of hydrogen-bond acceptors (Lipinski definition) is 5. The van der Waals surface area contributed by atoms with Gasteiger partial charge in [0, 0.05) is 57.2 Å². The molecule has 1 amide bonds. The predicted molar refractivity (Wildman–Crippen MR) is 92.2 cm³/mol. The maximum absolute atomic E-state index is 12.9. The maximum atomic E-state index is 12.9. The fourth-order valence-electron chi connectivity index (χ4n) is 3.28. The summed E-state index contributed by atoms with van der Waals surface area (Å²) in [7, 11) is -3.53. The van der Waals surface area contributed by atoms with Crippen molar-refractivity contribution in [3.05, 3.63) is 30.1 Å². The molecular weight excluding hydrogens is 344 g/mol. The summed E-state index contributed by atoms with van der Waals surface area (Å²) in [6, 6.07) is 3.34. The molecule has 2 atom stereocenters. The highest BCUT2D eigenvalue weighted by Gasteiger charge is 2.37. The van der Waals surface area contributed by atoms with Crippen LogP contribution in [-0.4, -0.2) is 84.3 Å². The smallest absolute Gasteiger partial charge is 0.282 e. The Kier molecular flexibility index (Phi) is 5.38. The summed E-state index contributed by atoms with van der Waals surface area (Å²) in [6.45, 7) is 5.86. The van der Waals surface area contributed by atoms with Crippen molar-refractivity contribution in [1.29, 1.82) is 0 Å². The second-order valence-electron chi connectivity index (χ2n) is 6.51. The van der Waals surface area contributed by atoms with E-state index < -0.39 is 10.2 Å². The van der Waals surface area contributed by atoms with Crippen LogP contribution in [0.4, 0.5) is 0 Å². The first-order chi connectivity index (χ1) is 11.9. The number of aromatic nitrogens is 1. The van der Waals surface area contributed by atoms with E-state index >= 15 is 0 Å². The normalized spacial score (nSPS) is 26.6. The van der Waals surface area contributed by atoms with Crippen LogP contribution in [0.2, 0.25) is 0 Å². The minimum Gasteiger partial charge on any atom is -0.373 e. The molecule has 138 valence electrons. The molecular formula is C16H24N4O4S. The van der Waals surface area contributed by atoms with Crippen LogP contribution < -0.4 is 0 Å². The van der Waals surface area contributed by atoms with Crippen LogP contribution in [-0.2, 0) is 14.9 Å². The Morgan fingerprint density at radius 2 is 1.60 bits per heavy atom. The summed E-state index contributed by atoms with van der Waals surface area (Å²) in [5.74, 6) is -0.0898. The lowest BCUT2D eigenvalue weighted by Gasteiger charge is -2.40. The zero-order chi connectivity index (χ0) is 18.0. The molecule has 0 unspecified atom stereocenters. The number of carbonyl (C=O) groups is 1. The first-order valence-electron chi connectivity index (χ1n) is 8.48. The van der Waals surface area contributed by atoms with Crippen LogP contribution in [0, 0.1) is 0 Å². The van der Waals surface area contributed by atoms with Gasteiger partial charge >= 0.3 is 0 Å². The van der Waals surface area contributed by atoms with E-state index in [-0.39, 0.29) is 18.1 Å². The van der Waals surface area contributed by atoms with Gasteiger partial charge in [0.1, 0.15) is 0 Å². The fraction of sp³-hybridized carbons (Fsp3) is 0.625. The van der Waals surface area contributed by atoms with Crippen molar-refractivity contribution in [2.24, 2.45) is 0 Å². The largest absolute Gasteiger partial charge is 0.373 e. The standard InChI is InChI=1S/C16H24N4O4S/c1-13-11-20(12-14(2)24-13)25(22,23)19-9-7-18(8-10-19)16(21)15-3-5-17-6-4-15/h3-6,13-14H,7-12H2,1-2H3/t13-,14-/m1/s1. The van der Waals surface area contributed by atoms with E-state index in [2.05, 4.69) is 4.98 Å². The molecule has 1 aromatic rings. The number of amides is 1. The van der Waals surface area contributed by atoms with E-state index in [4.69, 9.17) is 4.74 Å². The summed E-state index contributed by atoms with van der Waals surface area (Å²) in [5.41, 5.74) is 0.571. The van der Waals surface area contributed by atoms with Crippen molar-refractivity contribution in [3.8, 4) is 0 Å². The second kappa shape index (κ2) is 7.36. The predicted octanol–water partition coefficient (Wildman–Crippen LogP) is 0.193. The zero-order valence-corrected chi connectivity index (χ0v) is 15.4. The first-order valence-corrected chi connectivity index (χ1v) is 9.87. The van der Waals surface area contributed by atoms with Crippen LogP contribution in [0.15, 0.2) is 24.5 Å². The van der Waals surface area contributed by atoms with Gasteiger partial charge in [-0.25, -0.2) is 0 Å². The molecule has 3 rings (SSSR count). The van der Waals surface area contributed by atoms with Gasteiger partial charge in [0.2, 0.25) is 0 Å². The number of piperazine rings is 1. The number of hydrogen-bond donors (Lipinski definition) is 0. The quantitative estimate of drug-likeness (QED) is 0.761. The Hall–Kier alpha value is -1.55. The van der Waals surface area contributed by atoms with E-state index in [1.54, 1.807) is 29.4 Å². The number of nitrogens with zero attached hydrogens (tertiary/aromatic N) is 4. The monoisotopic (exact) mass is 368 g/mol. The lowest BCUT2D eigenvalue weighted by atomic mass is 10.2.